The van der Waals surface area contributed by atoms with Gasteiger partial charge in [0.25, 0.3) is 10.0 Å². The lowest BCUT2D eigenvalue weighted by Crippen LogP contribution is -2.18. The maximum absolute atomic E-state index is 8.24. The molecule has 0 aromatic rings. The Morgan fingerprint density at radius 3 is 2.43 bits per heavy atom. The zero-order valence-corrected chi connectivity index (χ0v) is 7.12. The summed E-state index contributed by atoms with van der Waals surface area (Å²) in [6.07, 6.45) is 0. The van der Waals surface area contributed by atoms with E-state index in [0.29, 0.717) is 0 Å². The van der Waals surface area contributed by atoms with Gasteiger partial charge in [-0.15, -0.1) is 0 Å². The van der Waals surface area contributed by atoms with Crippen molar-refractivity contribution in [1.29, 1.82) is 0 Å². The van der Waals surface area contributed by atoms with Crippen molar-refractivity contribution in [1.82, 2.24) is 0 Å². The highest BCUT2D eigenvalue weighted by Crippen LogP contribution is 1.79. The van der Waals surface area contributed by atoms with Crippen molar-refractivity contribution in [3.05, 3.63) is 0 Å². The molecule has 0 heterocycles. The SMILES string of the molecule is CO[SiH](C)O[SiH2]O. The Labute approximate surface area is 47.2 Å². The second-order valence-corrected chi connectivity index (χ2v) is 4.30. The lowest BCUT2D eigenvalue weighted by Gasteiger charge is -2.03. The minimum Gasteiger partial charge on any atom is -0.422 e. The van der Waals surface area contributed by atoms with Gasteiger partial charge in [0.2, 0.25) is 0 Å². The van der Waals surface area contributed by atoms with Gasteiger partial charge in [-0.1, -0.05) is 0 Å². The van der Waals surface area contributed by atoms with Crippen molar-refractivity contribution < 1.29 is 13.3 Å². The molecule has 1 unspecified atom stereocenters. The summed E-state index contributed by atoms with van der Waals surface area (Å²) in [4.78, 5) is 8.24. The molecular formula is C2H10O3Si2. The molecule has 0 saturated heterocycles. The molecule has 44 valence electrons. The topological polar surface area (TPSA) is 38.7 Å². The largest absolute Gasteiger partial charge is 0.422 e. The summed E-state index contributed by atoms with van der Waals surface area (Å²) in [5.41, 5.74) is 0. The summed E-state index contributed by atoms with van der Waals surface area (Å²) in [6, 6.07) is 0. The molecule has 0 aliphatic rings. The van der Waals surface area contributed by atoms with E-state index < -0.39 is 19.3 Å². The van der Waals surface area contributed by atoms with E-state index in [4.69, 9.17) is 13.3 Å². The van der Waals surface area contributed by atoms with Crippen LogP contribution in [0.25, 0.3) is 0 Å². The van der Waals surface area contributed by atoms with Crippen LogP contribution in [-0.2, 0) is 8.54 Å². The number of hydrogen-bond donors (Lipinski definition) is 1. The zero-order valence-electron chi connectivity index (χ0n) is 4.55. The average Bonchev–Trinajstić information content (AvgIpc) is 1.68. The first-order valence-electron chi connectivity index (χ1n) is 2.06. The smallest absolute Gasteiger partial charge is 0.308 e. The average molecular weight is 138 g/mol. The Morgan fingerprint density at radius 1 is 1.71 bits per heavy atom. The predicted molar refractivity (Wildman–Crippen MR) is 31.9 cm³/mol. The lowest BCUT2D eigenvalue weighted by molar-refractivity contribution is 0.326. The van der Waals surface area contributed by atoms with Gasteiger partial charge in [-0.2, -0.15) is 0 Å². The quantitative estimate of drug-likeness (QED) is 0.482. The highest BCUT2D eigenvalue weighted by atomic mass is 28.4. The van der Waals surface area contributed by atoms with Gasteiger partial charge in [-0.25, -0.2) is 0 Å². The van der Waals surface area contributed by atoms with Crippen LogP contribution in [0, 0.1) is 0 Å². The van der Waals surface area contributed by atoms with Crippen LogP contribution in [0.4, 0.5) is 0 Å². The van der Waals surface area contributed by atoms with Gasteiger partial charge in [0, 0.05) is 7.11 Å². The summed E-state index contributed by atoms with van der Waals surface area (Å²) >= 11 is 0. The Bertz CT molecular complexity index is 41.9. The van der Waals surface area contributed by atoms with Crippen molar-refractivity contribution in [3.63, 3.8) is 0 Å². The summed E-state index contributed by atoms with van der Waals surface area (Å²) < 4.78 is 9.58. The van der Waals surface area contributed by atoms with Gasteiger partial charge in [-0.3, -0.25) is 0 Å². The van der Waals surface area contributed by atoms with E-state index in [1.165, 1.54) is 0 Å². The second-order valence-electron chi connectivity index (χ2n) is 1.10. The standard InChI is InChI=1S/C2H10O3Si2/c1-4-7(2)5-6-3/h3,7H,6H2,1-2H3. The second kappa shape index (κ2) is 4.47. The first-order valence-corrected chi connectivity index (χ1v) is 5.37. The van der Waals surface area contributed by atoms with Crippen LogP contribution in [0.3, 0.4) is 0 Å². The molecule has 7 heavy (non-hydrogen) atoms. The Balaban J connectivity index is 2.83. The fraction of sp³-hybridized carbons (Fsp3) is 1.00. The van der Waals surface area contributed by atoms with Crippen LogP contribution in [0.5, 0.6) is 0 Å². The zero-order chi connectivity index (χ0) is 5.70. The maximum Gasteiger partial charge on any atom is 0.308 e. The molecule has 1 atom stereocenters. The van der Waals surface area contributed by atoms with Crippen molar-refractivity contribution >= 4 is 19.3 Å². The fourth-order valence-corrected chi connectivity index (χ4v) is 1.56. The van der Waals surface area contributed by atoms with Gasteiger partial charge in [0.15, 0.2) is 0 Å². The predicted octanol–water partition coefficient (Wildman–Crippen LogP) is -1.51. The Kier molecular flexibility index (Phi) is 4.67. The molecule has 0 aromatic carbocycles. The summed E-state index contributed by atoms with van der Waals surface area (Å²) in [5.74, 6) is 0. The highest BCUT2D eigenvalue weighted by Gasteiger charge is 1.97. The minimum absolute atomic E-state index is 1.21. The third-order valence-electron chi connectivity index (χ3n) is 0.641. The molecule has 0 radical (unpaired) electrons. The van der Waals surface area contributed by atoms with Crippen LogP contribution in [-0.4, -0.2) is 31.2 Å². The van der Waals surface area contributed by atoms with Crippen LogP contribution in [0.15, 0.2) is 0 Å². The van der Waals surface area contributed by atoms with E-state index in [-0.39, 0.29) is 0 Å². The van der Waals surface area contributed by atoms with E-state index in [9.17, 15) is 0 Å². The minimum atomic E-state index is -1.37. The number of hydrogen-bond acceptors (Lipinski definition) is 3. The fourth-order valence-electron chi connectivity index (χ4n) is 0.173. The number of rotatable bonds is 3. The summed E-state index contributed by atoms with van der Waals surface area (Å²) in [7, 11) is -0.979. The van der Waals surface area contributed by atoms with Gasteiger partial charge in [0.05, 0.1) is 0 Å². The first kappa shape index (κ1) is 7.31. The van der Waals surface area contributed by atoms with E-state index in [1.807, 2.05) is 6.55 Å². The van der Waals surface area contributed by atoms with E-state index in [1.54, 1.807) is 7.11 Å². The van der Waals surface area contributed by atoms with Gasteiger partial charge in [-0.05, 0) is 6.55 Å². The molecule has 0 aromatic heterocycles. The van der Waals surface area contributed by atoms with Gasteiger partial charge in [0.1, 0.15) is 0 Å². The molecule has 0 bridgehead atoms. The van der Waals surface area contributed by atoms with Gasteiger partial charge < -0.3 is 13.3 Å². The van der Waals surface area contributed by atoms with Crippen LogP contribution in [0.2, 0.25) is 6.55 Å². The van der Waals surface area contributed by atoms with Crippen molar-refractivity contribution in [2.45, 2.75) is 6.55 Å². The molecule has 0 saturated carbocycles. The third kappa shape index (κ3) is 4.16. The molecule has 0 fully saturated rings. The van der Waals surface area contributed by atoms with E-state index in [0.717, 1.165) is 0 Å². The van der Waals surface area contributed by atoms with Crippen molar-refractivity contribution in [2.75, 3.05) is 7.11 Å². The highest BCUT2D eigenvalue weighted by molar-refractivity contribution is 6.49. The van der Waals surface area contributed by atoms with Crippen molar-refractivity contribution in [2.24, 2.45) is 0 Å². The molecule has 0 aliphatic heterocycles. The molecule has 5 heteroatoms. The summed E-state index contributed by atoms with van der Waals surface area (Å²) in [5, 5.41) is 0. The molecular weight excluding hydrogens is 128 g/mol. The van der Waals surface area contributed by atoms with E-state index >= 15 is 0 Å². The van der Waals surface area contributed by atoms with Crippen molar-refractivity contribution in [3.8, 4) is 0 Å². The van der Waals surface area contributed by atoms with Crippen LogP contribution in [0.1, 0.15) is 0 Å². The van der Waals surface area contributed by atoms with Crippen LogP contribution < -0.4 is 0 Å². The molecule has 0 amide bonds. The first-order chi connectivity index (χ1) is 3.31. The monoisotopic (exact) mass is 138 g/mol. The Morgan fingerprint density at radius 2 is 2.29 bits per heavy atom. The molecule has 1 N–H and O–H groups in total. The normalized spacial score (nSPS) is 15.9. The molecule has 0 spiro atoms. The van der Waals surface area contributed by atoms with Gasteiger partial charge >= 0.3 is 9.28 Å². The molecule has 0 rings (SSSR count). The maximum atomic E-state index is 8.24. The molecule has 3 nitrogen and oxygen atoms in total. The van der Waals surface area contributed by atoms with Crippen LogP contribution >= 0.6 is 0 Å². The Hall–Kier alpha value is 0.314. The lowest BCUT2D eigenvalue weighted by atomic mass is 11.8. The van der Waals surface area contributed by atoms with E-state index in [2.05, 4.69) is 0 Å². The summed E-state index contributed by atoms with van der Waals surface area (Å²) in [6.45, 7) is 1.88. The molecule has 0 aliphatic carbocycles. The third-order valence-corrected chi connectivity index (χ3v) is 3.78.